The largest absolute Gasteiger partial charge is 0.481 e. The minimum absolute atomic E-state index is 0.0381. The summed E-state index contributed by atoms with van der Waals surface area (Å²) in [5, 5.41) is 66.4. The summed E-state index contributed by atoms with van der Waals surface area (Å²) >= 11 is 3.89. The van der Waals surface area contributed by atoms with Crippen molar-refractivity contribution in [2.24, 2.45) is 23.7 Å². The van der Waals surface area contributed by atoms with Crippen LogP contribution >= 0.6 is 12.6 Å². The van der Waals surface area contributed by atoms with Gasteiger partial charge in [-0.25, -0.2) is 0 Å². The van der Waals surface area contributed by atoms with Crippen LogP contribution in [0.15, 0.2) is 60.7 Å². The maximum absolute atomic E-state index is 14.3. The predicted molar refractivity (Wildman–Crippen MR) is 304 cm³/mol. The van der Waals surface area contributed by atoms with Crippen molar-refractivity contribution >= 4 is 95.2 Å². The summed E-state index contributed by atoms with van der Waals surface area (Å²) in [5.41, 5.74) is 1.25. The van der Waals surface area contributed by atoms with E-state index in [9.17, 15) is 92.7 Å². The van der Waals surface area contributed by atoms with Gasteiger partial charge in [0.1, 0.15) is 5.78 Å². The number of rotatable bonds is 48. The Balaban J connectivity index is 2.07. The highest BCUT2D eigenvalue weighted by Gasteiger charge is 2.36. The number of amides is 4. The molecule has 4 amide bonds. The first-order valence-corrected chi connectivity index (χ1v) is 28.8. The van der Waals surface area contributed by atoms with E-state index in [1.807, 2.05) is 0 Å². The maximum Gasteiger partial charge on any atom is 0.307 e. The molecule has 2 rings (SSSR count). The number of carboxylic acid groups (broad SMARTS) is 6. The molecule has 462 valence electrons. The Morgan fingerprint density at radius 2 is 0.821 bits per heavy atom. The Labute approximate surface area is 492 Å². The third-order valence-electron chi connectivity index (χ3n) is 13.9. The molecule has 0 fully saturated rings. The standard InChI is InChI=1S/C59H80N4O20S/c64-43(23-14-7-12-21-39(58(80)81)32-51(69)60-26-16-25-52(70)71)22-13-3-1-2-4-15-24-50(68)61-44(28-38-19-10-6-11-20-38)47(65)29-40(27-37-17-8-5-9-18-37)56(78)62-45(34-54(74)75)48(66)30-41(33-53(72)73)57(79)63-46(35-55(76)77)49(67)31-42(36-84)59(82)83/h5-6,8-11,17-20,39-42,44-46,84H,1-4,7,12-16,21-36H2,(H,60,69)(H,61,68)(H,62,78)(H,63,79)(H,70,71)(H,72,73)(H,74,75)(H,76,77)(H,80,81)(H,82,83)/t39-,40-,41+,42+,44+,45+,46+/m1/s1. The van der Waals surface area contributed by atoms with E-state index in [-0.39, 0.29) is 63.0 Å². The number of unbranched alkanes of at least 4 members (excludes halogenated alkanes) is 7. The second-order valence-electron chi connectivity index (χ2n) is 20.9. The number of Topliss-reactive ketones (excluding diaryl/α,β-unsaturated/α-hetero) is 4. The number of carboxylic acids is 6. The molecule has 0 spiro atoms. The van der Waals surface area contributed by atoms with Gasteiger partial charge >= 0.3 is 35.8 Å². The fourth-order valence-corrected chi connectivity index (χ4v) is 9.48. The minimum atomic E-state index is -1.89. The predicted octanol–water partition coefficient (Wildman–Crippen LogP) is 4.80. The number of hydrogen-bond donors (Lipinski definition) is 11. The Morgan fingerprint density at radius 1 is 0.381 bits per heavy atom. The van der Waals surface area contributed by atoms with E-state index >= 15 is 0 Å². The SMILES string of the molecule is O=C(O)CCCNC(=O)C[C@@H](CCCCCC(=O)CCCCCCCCC(=O)N[C@@H](Cc1ccccc1)C(=O)C[C@@H](Cc1ccccc1)C(=O)N[C@@H](CC(=O)O)C(=O)C[C@@H](CC(=O)O)C(=O)N[C@@H](CC(=O)O)C(=O)C[C@@H](CS)C(=O)O)C(=O)O. The number of benzene rings is 2. The molecule has 0 radical (unpaired) electrons. The minimum Gasteiger partial charge on any atom is -0.481 e. The van der Waals surface area contributed by atoms with Crippen molar-refractivity contribution in [1.29, 1.82) is 0 Å². The van der Waals surface area contributed by atoms with Crippen LogP contribution in [0.5, 0.6) is 0 Å². The molecule has 0 aliphatic carbocycles. The molecular formula is C59H80N4O20S. The Hall–Kier alpha value is -7.83. The average molecular weight is 1200 g/mol. The Kier molecular flexibility index (Phi) is 34.8. The van der Waals surface area contributed by atoms with Crippen molar-refractivity contribution in [1.82, 2.24) is 21.3 Å². The highest BCUT2D eigenvalue weighted by Crippen LogP contribution is 2.21. The summed E-state index contributed by atoms with van der Waals surface area (Å²) in [6.45, 7) is 0.144. The lowest BCUT2D eigenvalue weighted by Crippen LogP contribution is -2.49. The zero-order chi connectivity index (χ0) is 62.6. The van der Waals surface area contributed by atoms with Crippen molar-refractivity contribution in [3.05, 3.63) is 71.8 Å². The van der Waals surface area contributed by atoms with Gasteiger partial charge in [-0.3, -0.25) is 67.1 Å². The Bertz CT molecular complexity index is 2550. The highest BCUT2D eigenvalue weighted by molar-refractivity contribution is 7.80. The van der Waals surface area contributed by atoms with E-state index in [1.165, 1.54) is 0 Å². The molecule has 0 aliphatic rings. The smallest absolute Gasteiger partial charge is 0.307 e. The van der Waals surface area contributed by atoms with Crippen LogP contribution in [-0.2, 0) is 80.0 Å². The maximum atomic E-state index is 14.3. The molecule has 7 atom stereocenters. The van der Waals surface area contributed by atoms with Crippen LogP contribution in [-0.4, -0.2) is 144 Å². The lowest BCUT2D eigenvalue weighted by Gasteiger charge is -2.25. The topological polar surface area (TPSA) is 408 Å². The number of hydrogen-bond acceptors (Lipinski definition) is 15. The van der Waals surface area contributed by atoms with Gasteiger partial charge in [0.2, 0.25) is 23.6 Å². The summed E-state index contributed by atoms with van der Waals surface area (Å²) < 4.78 is 0. The van der Waals surface area contributed by atoms with Gasteiger partial charge in [-0.05, 0) is 56.1 Å². The van der Waals surface area contributed by atoms with Crippen molar-refractivity contribution < 1.29 is 97.8 Å². The molecule has 0 aromatic heterocycles. The second kappa shape index (κ2) is 40.4. The van der Waals surface area contributed by atoms with Crippen LogP contribution in [0.4, 0.5) is 0 Å². The molecule has 0 saturated carbocycles. The molecule has 10 N–H and O–H groups in total. The third kappa shape index (κ3) is 31.6. The Morgan fingerprint density at radius 3 is 1.31 bits per heavy atom. The number of carbonyl (C=O) groups is 14. The summed E-state index contributed by atoms with van der Waals surface area (Å²) in [7, 11) is 0. The third-order valence-corrected chi connectivity index (χ3v) is 14.3. The fraction of sp³-hybridized carbons (Fsp3) is 0.559. The van der Waals surface area contributed by atoms with Crippen molar-refractivity contribution in [2.45, 2.75) is 172 Å². The van der Waals surface area contributed by atoms with E-state index < -0.39 is 157 Å². The first-order chi connectivity index (χ1) is 39.9. The molecule has 0 heterocycles. The van der Waals surface area contributed by atoms with Gasteiger partial charge in [0.05, 0.1) is 55.1 Å². The van der Waals surface area contributed by atoms with Crippen LogP contribution in [0.2, 0.25) is 0 Å². The monoisotopic (exact) mass is 1200 g/mol. The first-order valence-electron chi connectivity index (χ1n) is 28.2. The molecular weight excluding hydrogens is 1120 g/mol. The van der Waals surface area contributed by atoms with E-state index in [2.05, 4.69) is 33.9 Å². The zero-order valence-electron chi connectivity index (χ0n) is 47.0. The second-order valence-corrected chi connectivity index (χ2v) is 21.2. The summed E-state index contributed by atoms with van der Waals surface area (Å²) in [5.74, 6) is -19.8. The number of carbonyl (C=O) groups excluding carboxylic acids is 8. The lowest BCUT2D eigenvalue weighted by atomic mass is 9.88. The molecule has 84 heavy (non-hydrogen) atoms. The number of thiol groups is 1. The van der Waals surface area contributed by atoms with E-state index in [0.717, 1.165) is 19.3 Å². The molecule has 24 nitrogen and oxygen atoms in total. The van der Waals surface area contributed by atoms with Crippen LogP contribution in [0.1, 0.15) is 152 Å². The van der Waals surface area contributed by atoms with Gasteiger partial charge in [-0.15, -0.1) is 0 Å². The van der Waals surface area contributed by atoms with Crippen molar-refractivity contribution in [3.63, 3.8) is 0 Å². The molecule has 2 aromatic rings. The normalized spacial score (nSPS) is 13.5. The summed E-state index contributed by atoms with van der Waals surface area (Å²) in [6.07, 6.45) is 1.44. The summed E-state index contributed by atoms with van der Waals surface area (Å²) in [6, 6.07) is 12.3. The molecule has 0 bridgehead atoms. The first kappa shape index (κ1) is 72.3. The summed E-state index contributed by atoms with van der Waals surface area (Å²) in [4.78, 5) is 177. The van der Waals surface area contributed by atoms with Gasteiger partial charge in [-0.2, -0.15) is 12.6 Å². The molecule has 0 aliphatic heterocycles. The molecule has 0 saturated heterocycles. The van der Waals surface area contributed by atoms with Gasteiger partial charge in [-0.1, -0.05) is 99.2 Å². The van der Waals surface area contributed by atoms with Gasteiger partial charge in [0.15, 0.2) is 17.3 Å². The molecule has 25 heteroatoms. The van der Waals surface area contributed by atoms with Gasteiger partial charge < -0.3 is 51.9 Å². The van der Waals surface area contributed by atoms with E-state index in [4.69, 9.17) is 5.11 Å². The quantitative estimate of drug-likeness (QED) is 0.0313. The van der Waals surface area contributed by atoms with Crippen LogP contribution in [0, 0.1) is 23.7 Å². The highest BCUT2D eigenvalue weighted by atomic mass is 32.1. The average Bonchev–Trinajstić information content (AvgIpc) is 3.49. The molecule has 2 aromatic carbocycles. The van der Waals surface area contributed by atoms with Crippen LogP contribution in [0.25, 0.3) is 0 Å². The number of aliphatic carboxylic acids is 6. The fourth-order valence-electron chi connectivity index (χ4n) is 9.20. The van der Waals surface area contributed by atoms with Crippen molar-refractivity contribution in [2.75, 3.05) is 12.3 Å². The van der Waals surface area contributed by atoms with E-state index in [0.29, 0.717) is 62.5 Å². The lowest BCUT2D eigenvalue weighted by molar-refractivity contribution is -0.145. The van der Waals surface area contributed by atoms with Gasteiger partial charge in [0, 0.05) is 69.6 Å². The van der Waals surface area contributed by atoms with Crippen LogP contribution in [0.3, 0.4) is 0 Å². The number of nitrogens with one attached hydrogen (secondary N) is 4. The van der Waals surface area contributed by atoms with E-state index in [1.54, 1.807) is 60.7 Å². The zero-order valence-corrected chi connectivity index (χ0v) is 47.9. The van der Waals surface area contributed by atoms with Crippen molar-refractivity contribution in [3.8, 4) is 0 Å². The van der Waals surface area contributed by atoms with Gasteiger partial charge in [0.25, 0.3) is 0 Å². The molecule has 0 unspecified atom stereocenters. The van der Waals surface area contributed by atoms with Crippen LogP contribution < -0.4 is 21.3 Å². The number of ketones is 4.